The van der Waals surface area contributed by atoms with E-state index in [1.165, 1.54) is 28.4 Å². The normalized spacial score (nSPS) is 18.8. The summed E-state index contributed by atoms with van der Waals surface area (Å²) in [6, 6.07) is 14.1. The number of benzene rings is 2. The molecule has 57 heavy (non-hydrogen) atoms. The zero-order chi connectivity index (χ0) is 40.6. The first-order chi connectivity index (χ1) is 27.5. The van der Waals surface area contributed by atoms with E-state index in [4.69, 9.17) is 18.9 Å². The minimum atomic E-state index is -0.895. The van der Waals surface area contributed by atoms with Gasteiger partial charge in [0.25, 0.3) is 0 Å². The molecule has 0 bridgehead atoms. The van der Waals surface area contributed by atoms with Crippen LogP contribution < -0.4 is 10.6 Å². The Morgan fingerprint density at radius 3 is 1.40 bits per heavy atom. The summed E-state index contributed by atoms with van der Waals surface area (Å²) >= 11 is 1.64. The van der Waals surface area contributed by atoms with Crippen molar-refractivity contribution in [3.05, 3.63) is 72.6 Å². The number of hydrogen-bond donors (Lipinski definition) is 4. The molecular formula is C40H50N8O8S. The summed E-state index contributed by atoms with van der Waals surface area (Å²) in [5.41, 5.74) is 3.60. The molecule has 2 aromatic heterocycles. The van der Waals surface area contributed by atoms with Gasteiger partial charge in [0, 0.05) is 37.1 Å². The highest BCUT2D eigenvalue weighted by Gasteiger charge is 2.40. The van der Waals surface area contributed by atoms with E-state index < -0.39 is 36.5 Å². The summed E-state index contributed by atoms with van der Waals surface area (Å²) in [6.07, 6.45) is 4.17. The second kappa shape index (κ2) is 18.7. The monoisotopic (exact) mass is 802 g/mol. The van der Waals surface area contributed by atoms with Crippen LogP contribution in [0.2, 0.25) is 0 Å². The van der Waals surface area contributed by atoms with Crippen molar-refractivity contribution in [3.63, 3.8) is 0 Å². The molecular weight excluding hydrogens is 753 g/mol. The molecule has 2 aliphatic heterocycles. The van der Waals surface area contributed by atoms with Crippen molar-refractivity contribution in [3.8, 4) is 22.5 Å². The summed E-state index contributed by atoms with van der Waals surface area (Å²) < 4.78 is 20.3. The maximum Gasteiger partial charge on any atom is 0.407 e. The second-order valence-corrected chi connectivity index (χ2v) is 15.2. The van der Waals surface area contributed by atoms with Gasteiger partial charge >= 0.3 is 12.2 Å². The number of aromatic amines is 2. The average Bonchev–Trinajstić information content (AvgIpc) is 4.08. The molecule has 0 aliphatic carbocycles. The molecule has 4 N–H and O–H groups in total. The quantitative estimate of drug-likeness (QED) is 0.127. The van der Waals surface area contributed by atoms with E-state index in [1.54, 1.807) is 47.8 Å². The maximum atomic E-state index is 13.6. The van der Waals surface area contributed by atoms with Gasteiger partial charge in [-0.15, -0.1) is 0 Å². The molecule has 2 aromatic carbocycles. The summed E-state index contributed by atoms with van der Waals surface area (Å²) in [7, 11) is 5.51. The molecule has 4 amide bonds. The van der Waals surface area contributed by atoms with E-state index in [9.17, 15) is 19.2 Å². The van der Waals surface area contributed by atoms with Crippen LogP contribution in [-0.2, 0) is 28.5 Å². The van der Waals surface area contributed by atoms with Crippen LogP contribution in [0.25, 0.3) is 22.5 Å². The van der Waals surface area contributed by atoms with Crippen molar-refractivity contribution in [1.29, 1.82) is 0 Å². The molecule has 0 radical (unpaired) electrons. The van der Waals surface area contributed by atoms with Gasteiger partial charge in [-0.3, -0.25) is 9.59 Å². The molecule has 2 aliphatic rings. The van der Waals surface area contributed by atoms with Crippen LogP contribution in [0.3, 0.4) is 0 Å². The van der Waals surface area contributed by atoms with Crippen LogP contribution in [0.4, 0.5) is 9.59 Å². The maximum absolute atomic E-state index is 13.6. The molecule has 17 heteroatoms. The van der Waals surface area contributed by atoms with Crippen molar-refractivity contribution >= 4 is 35.8 Å². The lowest BCUT2D eigenvalue weighted by atomic mass is 10.1. The number of aromatic nitrogens is 4. The van der Waals surface area contributed by atoms with Gasteiger partial charge in [-0.1, -0.05) is 36.0 Å². The van der Waals surface area contributed by atoms with E-state index in [-0.39, 0.29) is 23.9 Å². The van der Waals surface area contributed by atoms with Crippen LogP contribution in [0.15, 0.2) is 70.7 Å². The zero-order valence-corrected chi connectivity index (χ0v) is 33.8. The molecule has 2 saturated heterocycles. The second-order valence-electron chi connectivity index (χ2n) is 14.0. The summed E-state index contributed by atoms with van der Waals surface area (Å²) in [5.74, 6) is 0.879. The standard InChI is InChI=1S/C40H50N8O8S/c1-23(53-3)33(45-39(51)55-5)37(49)47-19-7-9-31(47)35-41-21-29(43-35)25-11-15-27(16-12-25)57-28-17-13-26(14-18-28)30-22-42-36(44-30)32-10-8-20-48(32)38(50)34(24(2)54-4)46-40(52)56-6/h11-18,21-24,31-34H,7-10,19-20H2,1-6H3,(H,41,43)(H,42,44)(H,45,51)(H,46,52)/t23-,24-,31+,32+,33+,34+/m1/s1. The number of hydrogen-bond acceptors (Lipinski definition) is 11. The highest BCUT2D eigenvalue weighted by molar-refractivity contribution is 7.99. The molecule has 4 aromatic rings. The Balaban J connectivity index is 1.07. The fourth-order valence-corrected chi connectivity index (χ4v) is 8.05. The predicted molar refractivity (Wildman–Crippen MR) is 211 cm³/mol. The van der Waals surface area contributed by atoms with Crippen molar-refractivity contribution in [2.24, 2.45) is 0 Å². The highest BCUT2D eigenvalue weighted by Crippen LogP contribution is 2.36. The Kier molecular flexibility index (Phi) is 13.5. The van der Waals surface area contributed by atoms with Crippen molar-refractivity contribution < 1.29 is 38.1 Å². The van der Waals surface area contributed by atoms with Gasteiger partial charge in [0.1, 0.15) is 23.7 Å². The summed E-state index contributed by atoms with van der Waals surface area (Å²) in [4.78, 5) is 72.9. The number of ether oxygens (including phenoxy) is 4. The smallest absolute Gasteiger partial charge is 0.407 e. The number of carbonyl (C=O) groups excluding carboxylic acids is 4. The number of alkyl carbamates (subject to hydrolysis) is 2. The molecule has 6 rings (SSSR count). The number of H-pyrrole nitrogens is 2. The van der Waals surface area contributed by atoms with Gasteiger partial charge in [0.05, 0.1) is 62.3 Å². The topological polar surface area (TPSA) is 193 Å². The van der Waals surface area contributed by atoms with E-state index in [0.717, 1.165) is 58.0 Å². The lowest BCUT2D eigenvalue weighted by Gasteiger charge is -2.30. The van der Waals surface area contributed by atoms with Gasteiger partial charge in [0.2, 0.25) is 11.8 Å². The number of nitrogens with zero attached hydrogens (tertiary/aromatic N) is 4. The molecule has 0 unspecified atom stereocenters. The number of rotatable bonds is 14. The van der Waals surface area contributed by atoms with Crippen molar-refractivity contribution in [2.75, 3.05) is 41.5 Å². The number of amides is 4. The Morgan fingerprint density at radius 1 is 0.667 bits per heavy atom. The lowest BCUT2D eigenvalue weighted by Crippen LogP contribution is -2.54. The zero-order valence-electron chi connectivity index (χ0n) is 32.9. The highest BCUT2D eigenvalue weighted by atomic mass is 32.2. The van der Waals surface area contributed by atoms with Gasteiger partial charge in [0.15, 0.2) is 0 Å². The summed E-state index contributed by atoms with van der Waals surface area (Å²) in [5, 5.41) is 5.23. The van der Waals surface area contributed by atoms with Crippen LogP contribution in [-0.4, -0.2) is 120 Å². The van der Waals surface area contributed by atoms with E-state index in [1.807, 2.05) is 24.3 Å². The number of likely N-dealkylation sites (tertiary alicyclic amines) is 2. The minimum absolute atomic E-state index is 0.248. The SMILES string of the molecule is COC(=O)N[C@H](C(=O)N1CCC[C@H]1c1ncc(-c2ccc(Sc3ccc(-c4cnc([C@@H]5CCCN5C(=O)[C@@H](NC(=O)OC)[C@@H](C)OC)[nH]4)cc3)cc2)[nH]1)[C@@H](C)OC. The molecule has 0 saturated carbocycles. The molecule has 16 nitrogen and oxygen atoms in total. The fraction of sp³-hybridized carbons (Fsp3) is 0.450. The number of carbonyl (C=O) groups is 4. The third-order valence-electron chi connectivity index (χ3n) is 10.6. The molecule has 0 spiro atoms. The lowest BCUT2D eigenvalue weighted by molar-refractivity contribution is -0.138. The van der Waals surface area contributed by atoms with E-state index in [0.29, 0.717) is 24.7 Å². The molecule has 304 valence electrons. The van der Waals surface area contributed by atoms with Gasteiger partial charge < -0.3 is 49.3 Å². The molecule has 6 atom stereocenters. The fourth-order valence-electron chi connectivity index (χ4n) is 7.24. The first-order valence-corrected chi connectivity index (χ1v) is 19.7. The molecule has 2 fully saturated rings. The first-order valence-electron chi connectivity index (χ1n) is 18.9. The van der Waals surface area contributed by atoms with Crippen LogP contribution in [0, 0.1) is 0 Å². The van der Waals surface area contributed by atoms with Gasteiger partial charge in [-0.05, 0) is 74.9 Å². The van der Waals surface area contributed by atoms with Crippen LogP contribution >= 0.6 is 11.8 Å². The third kappa shape index (κ3) is 9.43. The number of methoxy groups -OCH3 is 4. The van der Waals surface area contributed by atoms with Crippen molar-refractivity contribution in [1.82, 2.24) is 40.4 Å². The minimum Gasteiger partial charge on any atom is -0.453 e. The molecule has 4 heterocycles. The van der Waals surface area contributed by atoms with Gasteiger partial charge in [-0.2, -0.15) is 0 Å². The van der Waals surface area contributed by atoms with Gasteiger partial charge in [-0.25, -0.2) is 19.6 Å². The number of imidazole rings is 2. The Bertz CT molecular complexity index is 1860. The van der Waals surface area contributed by atoms with E-state index in [2.05, 4.69) is 54.8 Å². The third-order valence-corrected chi connectivity index (χ3v) is 11.6. The predicted octanol–water partition coefficient (Wildman–Crippen LogP) is 5.46. The van der Waals surface area contributed by atoms with Crippen molar-refractivity contribution in [2.45, 2.75) is 85.7 Å². The first kappa shape index (κ1) is 41.2. The Morgan fingerprint density at radius 2 is 1.05 bits per heavy atom. The van der Waals surface area contributed by atoms with Crippen LogP contribution in [0.1, 0.15) is 63.3 Å². The Hall–Kier alpha value is -5.39. The largest absolute Gasteiger partial charge is 0.453 e. The van der Waals surface area contributed by atoms with Crippen LogP contribution in [0.5, 0.6) is 0 Å². The Labute approximate surface area is 335 Å². The average molecular weight is 803 g/mol. The van der Waals surface area contributed by atoms with E-state index >= 15 is 0 Å². The number of nitrogens with one attached hydrogen (secondary N) is 4. The summed E-state index contributed by atoms with van der Waals surface area (Å²) in [6.45, 7) is 4.55.